The maximum Gasteiger partial charge on any atom is 0.305 e. The summed E-state index contributed by atoms with van der Waals surface area (Å²) in [6.07, 6.45) is 1.94. The van der Waals surface area contributed by atoms with Crippen molar-refractivity contribution in [3.63, 3.8) is 0 Å². The minimum absolute atomic E-state index is 0.0803. The van der Waals surface area contributed by atoms with E-state index in [-0.39, 0.29) is 12.5 Å². The van der Waals surface area contributed by atoms with Gasteiger partial charge in [0.25, 0.3) is 0 Å². The Labute approximate surface area is 99.0 Å². The standard InChI is InChI=1S/C10H16N4O3/c1-13-5-8(11-12-13)6-14-2-3-17-7-9(14)4-10(15)16/h5,9H,2-4,6-7H2,1H3,(H,15,16). The van der Waals surface area contributed by atoms with Crippen LogP contribution in [0.25, 0.3) is 0 Å². The Hall–Kier alpha value is -1.47. The Morgan fingerprint density at radius 3 is 3.18 bits per heavy atom. The summed E-state index contributed by atoms with van der Waals surface area (Å²) in [5.74, 6) is -0.801. The molecule has 17 heavy (non-hydrogen) atoms. The zero-order valence-corrected chi connectivity index (χ0v) is 9.74. The molecule has 1 N–H and O–H groups in total. The van der Waals surface area contributed by atoms with Crippen LogP contribution in [0.15, 0.2) is 6.20 Å². The van der Waals surface area contributed by atoms with Gasteiger partial charge in [0.2, 0.25) is 0 Å². The highest BCUT2D eigenvalue weighted by atomic mass is 16.5. The van der Waals surface area contributed by atoms with Crippen molar-refractivity contribution >= 4 is 5.97 Å². The van der Waals surface area contributed by atoms with Gasteiger partial charge in [-0.25, -0.2) is 0 Å². The lowest BCUT2D eigenvalue weighted by Gasteiger charge is -2.34. The molecule has 0 aromatic carbocycles. The van der Waals surface area contributed by atoms with Crippen LogP contribution in [0.2, 0.25) is 0 Å². The molecule has 94 valence electrons. The van der Waals surface area contributed by atoms with Crippen molar-refractivity contribution < 1.29 is 14.6 Å². The smallest absolute Gasteiger partial charge is 0.305 e. The first kappa shape index (κ1) is 12.0. The average Bonchev–Trinajstić information content (AvgIpc) is 2.66. The first-order valence-corrected chi connectivity index (χ1v) is 5.54. The Morgan fingerprint density at radius 2 is 2.53 bits per heavy atom. The van der Waals surface area contributed by atoms with Gasteiger partial charge in [-0.15, -0.1) is 5.10 Å². The number of rotatable bonds is 4. The Kier molecular flexibility index (Phi) is 3.70. The van der Waals surface area contributed by atoms with E-state index in [1.54, 1.807) is 4.68 Å². The van der Waals surface area contributed by atoms with Gasteiger partial charge in [0, 0.05) is 32.4 Å². The summed E-state index contributed by atoms with van der Waals surface area (Å²) >= 11 is 0. The molecule has 7 nitrogen and oxygen atoms in total. The van der Waals surface area contributed by atoms with Gasteiger partial charge in [-0.05, 0) is 0 Å². The molecule has 0 saturated carbocycles. The molecule has 0 amide bonds. The molecule has 0 radical (unpaired) electrons. The number of morpholine rings is 1. The van der Waals surface area contributed by atoms with Gasteiger partial charge in [-0.1, -0.05) is 5.21 Å². The molecule has 1 unspecified atom stereocenters. The van der Waals surface area contributed by atoms with Gasteiger partial charge in [0.15, 0.2) is 0 Å². The van der Waals surface area contributed by atoms with Crippen LogP contribution < -0.4 is 0 Å². The number of aliphatic carboxylic acids is 1. The highest BCUT2D eigenvalue weighted by Crippen LogP contribution is 2.13. The number of nitrogens with zero attached hydrogens (tertiary/aromatic N) is 4. The predicted octanol–water partition coefficient (Wildman–Crippen LogP) is -0.509. The molecule has 1 aliphatic rings. The van der Waals surface area contributed by atoms with Crippen molar-refractivity contribution in [1.29, 1.82) is 0 Å². The first-order chi connectivity index (χ1) is 8.15. The minimum Gasteiger partial charge on any atom is -0.481 e. The molecule has 2 heterocycles. The fraction of sp³-hybridized carbons (Fsp3) is 0.700. The number of aryl methyl sites for hydroxylation is 1. The molecule has 1 saturated heterocycles. The van der Waals surface area contributed by atoms with Crippen molar-refractivity contribution in [2.24, 2.45) is 7.05 Å². The molecule has 1 fully saturated rings. The SMILES string of the molecule is Cn1cc(CN2CCOCC2CC(=O)O)nn1. The van der Waals surface area contributed by atoms with Crippen LogP contribution in [0.3, 0.4) is 0 Å². The number of carboxylic acid groups (broad SMARTS) is 1. The highest BCUT2D eigenvalue weighted by Gasteiger charge is 2.25. The van der Waals surface area contributed by atoms with E-state index in [0.717, 1.165) is 12.2 Å². The van der Waals surface area contributed by atoms with Crippen LogP contribution in [0.4, 0.5) is 0 Å². The number of carboxylic acids is 1. The molecular weight excluding hydrogens is 224 g/mol. The zero-order chi connectivity index (χ0) is 12.3. The van der Waals surface area contributed by atoms with Gasteiger partial charge in [-0.2, -0.15) is 0 Å². The minimum atomic E-state index is -0.801. The number of carbonyl (C=O) groups is 1. The van der Waals surface area contributed by atoms with E-state index in [4.69, 9.17) is 9.84 Å². The first-order valence-electron chi connectivity index (χ1n) is 5.54. The molecule has 2 rings (SSSR count). The number of aromatic nitrogens is 3. The van der Waals surface area contributed by atoms with E-state index in [0.29, 0.717) is 19.8 Å². The van der Waals surface area contributed by atoms with Crippen molar-refractivity contribution in [3.8, 4) is 0 Å². The van der Waals surface area contributed by atoms with Gasteiger partial charge in [0.1, 0.15) is 0 Å². The number of hydrogen-bond acceptors (Lipinski definition) is 5. The second-order valence-corrected chi connectivity index (χ2v) is 4.18. The second-order valence-electron chi connectivity index (χ2n) is 4.18. The summed E-state index contributed by atoms with van der Waals surface area (Å²) in [4.78, 5) is 12.8. The summed E-state index contributed by atoms with van der Waals surface area (Å²) in [6.45, 7) is 2.45. The van der Waals surface area contributed by atoms with Crippen LogP contribution in [0, 0.1) is 0 Å². The van der Waals surface area contributed by atoms with Gasteiger partial charge < -0.3 is 9.84 Å². The molecule has 1 aromatic rings. The topological polar surface area (TPSA) is 80.5 Å². The van der Waals surface area contributed by atoms with Crippen LogP contribution in [0.1, 0.15) is 12.1 Å². The Balaban J connectivity index is 1.98. The summed E-state index contributed by atoms with van der Waals surface area (Å²) in [6, 6.07) is -0.0803. The van der Waals surface area contributed by atoms with Crippen LogP contribution >= 0.6 is 0 Å². The van der Waals surface area contributed by atoms with Gasteiger partial charge in [0.05, 0.1) is 25.3 Å². The zero-order valence-electron chi connectivity index (χ0n) is 9.74. The van der Waals surface area contributed by atoms with E-state index < -0.39 is 5.97 Å². The van der Waals surface area contributed by atoms with E-state index in [1.807, 2.05) is 13.2 Å². The average molecular weight is 240 g/mol. The molecule has 7 heteroatoms. The highest BCUT2D eigenvalue weighted by molar-refractivity contribution is 5.67. The fourth-order valence-electron chi connectivity index (χ4n) is 1.96. The Morgan fingerprint density at radius 1 is 1.71 bits per heavy atom. The molecule has 1 atom stereocenters. The fourth-order valence-corrected chi connectivity index (χ4v) is 1.96. The molecule has 1 aliphatic heterocycles. The second kappa shape index (κ2) is 5.24. The lowest BCUT2D eigenvalue weighted by Crippen LogP contribution is -2.45. The maximum absolute atomic E-state index is 10.8. The Bertz CT molecular complexity index is 393. The third-order valence-corrected chi connectivity index (χ3v) is 2.77. The number of ether oxygens (including phenoxy) is 1. The van der Waals surface area contributed by atoms with Crippen LogP contribution in [-0.4, -0.2) is 56.8 Å². The summed E-state index contributed by atoms with van der Waals surface area (Å²) < 4.78 is 6.95. The van der Waals surface area contributed by atoms with Crippen molar-refractivity contribution in [3.05, 3.63) is 11.9 Å². The van der Waals surface area contributed by atoms with Crippen molar-refractivity contribution in [2.75, 3.05) is 19.8 Å². The molecule has 0 aliphatic carbocycles. The quantitative estimate of drug-likeness (QED) is 0.763. The monoisotopic (exact) mass is 240 g/mol. The largest absolute Gasteiger partial charge is 0.481 e. The van der Waals surface area contributed by atoms with E-state index in [1.165, 1.54) is 0 Å². The van der Waals surface area contributed by atoms with Crippen molar-refractivity contribution in [1.82, 2.24) is 19.9 Å². The lowest BCUT2D eigenvalue weighted by molar-refractivity contribution is -0.140. The summed E-state index contributed by atoms with van der Waals surface area (Å²) in [7, 11) is 1.81. The third-order valence-electron chi connectivity index (χ3n) is 2.77. The van der Waals surface area contributed by atoms with E-state index in [9.17, 15) is 4.79 Å². The van der Waals surface area contributed by atoms with Crippen LogP contribution in [0.5, 0.6) is 0 Å². The molecular formula is C10H16N4O3. The normalized spacial score (nSPS) is 21.6. The predicted molar refractivity (Wildman–Crippen MR) is 58.3 cm³/mol. The molecule has 0 spiro atoms. The number of hydrogen-bond donors (Lipinski definition) is 1. The molecule has 0 bridgehead atoms. The van der Waals surface area contributed by atoms with Crippen LogP contribution in [-0.2, 0) is 23.1 Å². The maximum atomic E-state index is 10.8. The van der Waals surface area contributed by atoms with Gasteiger partial charge in [-0.3, -0.25) is 14.4 Å². The van der Waals surface area contributed by atoms with Gasteiger partial charge >= 0.3 is 5.97 Å². The summed E-state index contributed by atoms with van der Waals surface area (Å²) in [5, 5.41) is 16.7. The van der Waals surface area contributed by atoms with Crippen molar-refractivity contribution in [2.45, 2.75) is 19.0 Å². The van der Waals surface area contributed by atoms with E-state index >= 15 is 0 Å². The van der Waals surface area contributed by atoms with E-state index in [2.05, 4.69) is 15.2 Å². The third kappa shape index (κ3) is 3.24. The summed E-state index contributed by atoms with van der Waals surface area (Å²) in [5.41, 5.74) is 0.852. The lowest BCUT2D eigenvalue weighted by atomic mass is 10.1. The molecule has 1 aromatic heterocycles.